The van der Waals surface area contributed by atoms with Crippen molar-refractivity contribution in [2.24, 2.45) is 0 Å². The zero-order valence-corrected chi connectivity index (χ0v) is 9.79. The predicted molar refractivity (Wildman–Crippen MR) is 59.4 cm³/mol. The topological polar surface area (TPSA) is 57.5 Å². The van der Waals surface area contributed by atoms with E-state index < -0.39 is 16.3 Å². The minimum Gasteiger partial charge on any atom is -0.396 e. The quantitative estimate of drug-likeness (QED) is 0.830. The van der Waals surface area contributed by atoms with E-state index in [1.807, 2.05) is 12.1 Å². The van der Waals surface area contributed by atoms with Crippen LogP contribution in [-0.2, 0) is 11.1 Å². The van der Waals surface area contributed by atoms with Crippen molar-refractivity contribution in [3.63, 3.8) is 0 Å². The van der Waals surface area contributed by atoms with Crippen LogP contribution >= 0.6 is 15.9 Å². The van der Waals surface area contributed by atoms with Crippen molar-refractivity contribution < 1.29 is 13.9 Å². The lowest BCUT2D eigenvalue weighted by Crippen LogP contribution is -2.07. The Morgan fingerprint density at radius 3 is 2.36 bits per heavy atom. The van der Waals surface area contributed by atoms with Gasteiger partial charge in [-0.05, 0) is 24.1 Å². The van der Waals surface area contributed by atoms with Crippen molar-refractivity contribution in [3.05, 3.63) is 34.3 Å². The first-order chi connectivity index (χ1) is 6.65. The molecule has 2 unspecified atom stereocenters. The van der Waals surface area contributed by atoms with Crippen LogP contribution in [0.2, 0.25) is 0 Å². The molecule has 0 fully saturated rings. The van der Waals surface area contributed by atoms with Gasteiger partial charge in [0, 0.05) is 11.1 Å². The Morgan fingerprint density at radius 1 is 1.36 bits per heavy atom. The summed E-state index contributed by atoms with van der Waals surface area (Å²) in [5.74, 6) is 0. The van der Waals surface area contributed by atoms with Gasteiger partial charge in [-0.1, -0.05) is 28.1 Å². The molecule has 1 aromatic carbocycles. The fourth-order valence-corrected chi connectivity index (χ4v) is 2.14. The molecule has 0 heterocycles. The van der Waals surface area contributed by atoms with E-state index >= 15 is 0 Å². The molecular formula is C9H11BrO3S. The first-order valence-electron chi connectivity index (χ1n) is 4.11. The SMILES string of the molecule is O=S(O)C(CCO)c1ccc(Br)cc1. The van der Waals surface area contributed by atoms with Crippen molar-refractivity contribution in [2.75, 3.05) is 6.61 Å². The summed E-state index contributed by atoms with van der Waals surface area (Å²) in [5.41, 5.74) is 0.767. The molecule has 5 heteroatoms. The molecule has 2 atom stereocenters. The fraction of sp³-hybridized carbons (Fsp3) is 0.333. The summed E-state index contributed by atoms with van der Waals surface area (Å²) in [6.45, 7) is -0.0902. The molecule has 0 aliphatic heterocycles. The normalized spacial score (nSPS) is 15.1. The van der Waals surface area contributed by atoms with E-state index in [2.05, 4.69) is 15.9 Å². The summed E-state index contributed by atoms with van der Waals surface area (Å²) in [6.07, 6.45) is 0.296. The van der Waals surface area contributed by atoms with Crippen molar-refractivity contribution in [3.8, 4) is 0 Å². The second-order valence-electron chi connectivity index (χ2n) is 2.83. The molecule has 0 aliphatic carbocycles. The molecule has 0 spiro atoms. The second kappa shape index (κ2) is 5.60. The predicted octanol–water partition coefficient (Wildman–Crippen LogP) is 2.09. The summed E-state index contributed by atoms with van der Waals surface area (Å²) < 4.78 is 20.9. The van der Waals surface area contributed by atoms with E-state index in [0.717, 1.165) is 10.0 Å². The third kappa shape index (κ3) is 3.16. The Balaban J connectivity index is 2.87. The summed E-state index contributed by atoms with van der Waals surface area (Å²) in [5, 5.41) is 8.24. The Morgan fingerprint density at radius 2 is 1.93 bits per heavy atom. The number of aliphatic hydroxyl groups excluding tert-OH is 1. The Labute approximate surface area is 93.6 Å². The number of halogens is 1. The van der Waals surface area contributed by atoms with Crippen LogP contribution in [0.3, 0.4) is 0 Å². The average molecular weight is 279 g/mol. The fourth-order valence-electron chi connectivity index (χ4n) is 1.18. The third-order valence-electron chi connectivity index (χ3n) is 1.88. The highest BCUT2D eigenvalue weighted by Gasteiger charge is 2.16. The maximum absolute atomic E-state index is 11.0. The van der Waals surface area contributed by atoms with Crippen LogP contribution in [-0.4, -0.2) is 20.5 Å². The molecule has 3 nitrogen and oxygen atoms in total. The number of hydrogen-bond acceptors (Lipinski definition) is 2. The van der Waals surface area contributed by atoms with Crippen molar-refractivity contribution in [1.29, 1.82) is 0 Å². The van der Waals surface area contributed by atoms with Crippen LogP contribution in [0.4, 0.5) is 0 Å². The zero-order chi connectivity index (χ0) is 10.6. The number of hydrogen-bond donors (Lipinski definition) is 2. The van der Waals surface area contributed by atoms with E-state index in [1.165, 1.54) is 0 Å². The lowest BCUT2D eigenvalue weighted by Gasteiger charge is -2.11. The molecule has 0 saturated carbocycles. The average Bonchev–Trinajstić information content (AvgIpc) is 2.15. The van der Waals surface area contributed by atoms with E-state index in [9.17, 15) is 4.21 Å². The Kier molecular flexibility index (Phi) is 4.74. The highest BCUT2D eigenvalue weighted by Crippen LogP contribution is 2.23. The van der Waals surface area contributed by atoms with Gasteiger partial charge >= 0.3 is 0 Å². The molecule has 0 bridgehead atoms. The summed E-state index contributed by atoms with van der Waals surface area (Å²) >= 11 is 1.35. The lowest BCUT2D eigenvalue weighted by molar-refractivity contribution is 0.285. The van der Waals surface area contributed by atoms with Crippen molar-refractivity contribution >= 4 is 27.0 Å². The monoisotopic (exact) mass is 278 g/mol. The molecular weight excluding hydrogens is 268 g/mol. The van der Waals surface area contributed by atoms with Crippen LogP contribution in [0.15, 0.2) is 28.7 Å². The van der Waals surface area contributed by atoms with Gasteiger partial charge in [-0.2, -0.15) is 0 Å². The minimum atomic E-state index is -1.94. The Hall–Kier alpha value is -0.230. The highest BCUT2D eigenvalue weighted by atomic mass is 79.9. The number of aliphatic hydroxyl groups is 1. The third-order valence-corrected chi connectivity index (χ3v) is 3.40. The van der Waals surface area contributed by atoms with Gasteiger partial charge < -0.3 is 9.66 Å². The molecule has 14 heavy (non-hydrogen) atoms. The van der Waals surface area contributed by atoms with Gasteiger partial charge in [-0.25, -0.2) is 4.21 Å². The Bertz CT molecular complexity index is 312. The summed E-state index contributed by atoms with van der Waals surface area (Å²) in [7, 11) is 0. The second-order valence-corrected chi connectivity index (χ2v) is 4.87. The lowest BCUT2D eigenvalue weighted by atomic mass is 10.1. The molecule has 0 aliphatic rings. The molecule has 0 amide bonds. The van der Waals surface area contributed by atoms with Crippen LogP contribution in [0.5, 0.6) is 0 Å². The maximum Gasteiger partial charge on any atom is 0.160 e. The molecule has 0 saturated heterocycles. The summed E-state index contributed by atoms with van der Waals surface area (Å²) in [6, 6.07) is 7.18. The van der Waals surface area contributed by atoms with E-state index in [1.54, 1.807) is 12.1 Å². The molecule has 2 N–H and O–H groups in total. The molecule has 0 radical (unpaired) electrons. The van der Waals surface area contributed by atoms with Crippen LogP contribution < -0.4 is 0 Å². The largest absolute Gasteiger partial charge is 0.396 e. The van der Waals surface area contributed by atoms with Gasteiger partial charge in [0.2, 0.25) is 0 Å². The van der Waals surface area contributed by atoms with E-state index in [4.69, 9.17) is 9.66 Å². The van der Waals surface area contributed by atoms with Gasteiger partial charge in [0.25, 0.3) is 0 Å². The van der Waals surface area contributed by atoms with Gasteiger partial charge in [0.15, 0.2) is 11.1 Å². The van der Waals surface area contributed by atoms with Gasteiger partial charge in [0.05, 0.1) is 5.25 Å². The van der Waals surface area contributed by atoms with Crippen LogP contribution in [0, 0.1) is 0 Å². The highest BCUT2D eigenvalue weighted by molar-refractivity contribution is 9.10. The smallest absolute Gasteiger partial charge is 0.160 e. The van der Waals surface area contributed by atoms with Gasteiger partial charge in [-0.3, -0.25) is 0 Å². The molecule has 0 aromatic heterocycles. The van der Waals surface area contributed by atoms with Crippen LogP contribution in [0.1, 0.15) is 17.2 Å². The molecule has 1 rings (SSSR count). The minimum absolute atomic E-state index is 0.0902. The van der Waals surface area contributed by atoms with Crippen molar-refractivity contribution in [1.82, 2.24) is 0 Å². The number of rotatable bonds is 4. The van der Waals surface area contributed by atoms with Crippen molar-refractivity contribution in [2.45, 2.75) is 11.7 Å². The van der Waals surface area contributed by atoms with E-state index in [0.29, 0.717) is 6.42 Å². The first-order valence-corrected chi connectivity index (χ1v) is 6.07. The van der Waals surface area contributed by atoms with Gasteiger partial charge in [0.1, 0.15) is 0 Å². The van der Waals surface area contributed by atoms with E-state index in [-0.39, 0.29) is 6.61 Å². The van der Waals surface area contributed by atoms with Gasteiger partial charge in [-0.15, -0.1) is 0 Å². The number of benzene rings is 1. The van der Waals surface area contributed by atoms with Crippen LogP contribution in [0.25, 0.3) is 0 Å². The zero-order valence-electron chi connectivity index (χ0n) is 7.39. The summed E-state index contributed by atoms with van der Waals surface area (Å²) in [4.78, 5) is 0. The standard InChI is InChI=1S/C9H11BrO3S/c10-8-3-1-7(2-4-8)9(5-6-11)14(12)13/h1-4,9,11H,5-6H2,(H,12,13). The maximum atomic E-state index is 11.0. The molecule has 1 aromatic rings. The first kappa shape index (κ1) is 11.8. The molecule has 78 valence electrons.